The fraction of sp³-hybridized carbons (Fsp3) is 0.662. The lowest BCUT2D eigenvalue weighted by atomic mass is 10.0. The topological polar surface area (TPSA) is 72.8 Å². The second kappa shape index (κ2) is 71.0. The lowest BCUT2D eigenvalue weighted by Gasteiger charge is -2.15. The number of aliphatic hydroxyl groups excluding tert-OH is 1. The van der Waals surface area contributed by atoms with E-state index in [-0.39, 0.29) is 25.2 Å². The summed E-state index contributed by atoms with van der Waals surface area (Å²) in [6.07, 6.45) is 107. The van der Waals surface area contributed by atoms with Gasteiger partial charge in [0.05, 0.1) is 6.61 Å². The van der Waals surface area contributed by atoms with Crippen LogP contribution in [0.15, 0.2) is 146 Å². The summed E-state index contributed by atoms with van der Waals surface area (Å²) in [5.41, 5.74) is 0. The van der Waals surface area contributed by atoms with Crippen LogP contribution in [0.3, 0.4) is 0 Å². The molecule has 0 aromatic carbocycles. The number of ether oxygens (including phenoxy) is 2. The molecule has 0 aliphatic heterocycles. The van der Waals surface area contributed by atoms with Crippen molar-refractivity contribution in [2.24, 2.45) is 0 Å². The van der Waals surface area contributed by atoms with E-state index in [9.17, 15) is 14.7 Å². The largest absolute Gasteiger partial charge is 0.462 e. The van der Waals surface area contributed by atoms with Crippen LogP contribution in [0.5, 0.6) is 0 Å². The third-order valence-electron chi connectivity index (χ3n) is 14.6. The average Bonchev–Trinajstić information content (AvgIpc) is 3.49. The third-order valence-corrected chi connectivity index (χ3v) is 14.6. The van der Waals surface area contributed by atoms with E-state index in [1.165, 1.54) is 161 Å². The van der Waals surface area contributed by atoms with Gasteiger partial charge in [-0.25, -0.2) is 0 Å². The summed E-state index contributed by atoms with van der Waals surface area (Å²) in [4.78, 5) is 24.7. The minimum atomic E-state index is -0.785. The standard InChI is InChI=1S/C77H128O5/c1-3-5-7-9-11-13-15-17-19-21-23-25-27-29-31-33-35-36-37-38-39-40-42-43-45-47-49-51-53-55-57-59-61-63-65-67-69-71-76(79)81-74-75(73-78)82-77(80)72-70-68-66-64-62-60-58-56-54-52-50-48-46-44-41-34-32-30-28-26-24-22-20-18-16-14-12-10-8-6-4-2/h5-8,11-14,17-20,23-26,29-32,41,44,48,50,75,78H,3-4,9-10,15-16,21-22,27-28,33-40,42-43,45-47,49,51-74H2,1-2H3/b7-5-,8-6-,13-11-,14-12-,19-17-,20-18-,25-23-,26-24-,31-29-,32-30-,44-41-,50-48-. The van der Waals surface area contributed by atoms with Gasteiger partial charge in [0.25, 0.3) is 0 Å². The Kier molecular flexibility index (Phi) is 67.4. The van der Waals surface area contributed by atoms with Crippen molar-refractivity contribution in [1.82, 2.24) is 0 Å². The zero-order valence-corrected chi connectivity index (χ0v) is 53.5. The van der Waals surface area contributed by atoms with E-state index in [1.807, 2.05) is 0 Å². The van der Waals surface area contributed by atoms with E-state index in [1.54, 1.807) is 0 Å². The van der Waals surface area contributed by atoms with Crippen LogP contribution in [0.1, 0.15) is 309 Å². The smallest absolute Gasteiger partial charge is 0.306 e. The fourth-order valence-corrected chi connectivity index (χ4v) is 9.57. The van der Waals surface area contributed by atoms with Crippen LogP contribution >= 0.6 is 0 Å². The van der Waals surface area contributed by atoms with Crippen molar-refractivity contribution in [2.45, 2.75) is 315 Å². The molecule has 0 aromatic rings. The molecule has 0 aliphatic rings. The number of unbranched alkanes of at least 4 members (excludes halogenated alkanes) is 30. The number of hydrogen-bond acceptors (Lipinski definition) is 5. The summed E-state index contributed by atoms with van der Waals surface area (Å²) in [5, 5.41) is 9.70. The Morgan fingerprint density at radius 3 is 0.732 bits per heavy atom. The van der Waals surface area contributed by atoms with Crippen LogP contribution in [-0.2, 0) is 19.1 Å². The number of esters is 2. The first kappa shape index (κ1) is 77.8. The monoisotopic (exact) mass is 1130 g/mol. The van der Waals surface area contributed by atoms with Gasteiger partial charge >= 0.3 is 11.9 Å². The van der Waals surface area contributed by atoms with E-state index < -0.39 is 6.10 Å². The molecule has 0 fully saturated rings. The Labute approximate surface area is 508 Å². The molecule has 1 unspecified atom stereocenters. The second-order valence-corrected chi connectivity index (χ2v) is 22.5. The van der Waals surface area contributed by atoms with Gasteiger partial charge in [0, 0.05) is 12.8 Å². The van der Waals surface area contributed by atoms with Crippen molar-refractivity contribution in [3.05, 3.63) is 146 Å². The van der Waals surface area contributed by atoms with Gasteiger partial charge in [-0.2, -0.15) is 0 Å². The predicted molar refractivity (Wildman–Crippen MR) is 361 cm³/mol. The maximum absolute atomic E-state index is 12.4. The van der Waals surface area contributed by atoms with E-state index in [0.29, 0.717) is 12.8 Å². The second-order valence-electron chi connectivity index (χ2n) is 22.5. The van der Waals surface area contributed by atoms with Gasteiger partial charge in [-0.15, -0.1) is 0 Å². The summed E-state index contributed by atoms with van der Waals surface area (Å²) in [5.74, 6) is -0.594. The molecule has 0 rings (SSSR count). The maximum Gasteiger partial charge on any atom is 0.306 e. The fourth-order valence-electron chi connectivity index (χ4n) is 9.57. The van der Waals surface area contributed by atoms with Gasteiger partial charge in [0.15, 0.2) is 6.10 Å². The van der Waals surface area contributed by atoms with Crippen LogP contribution in [0.4, 0.5) is 0 Å². The molecule has 0 heterocycles. The minimum Gasteiger partial charge on any atom is -0.462 e. The summed E-state index contributed by atoms with van der Waals surface area (Å²) < 4.78 is 10.8. The van der Waals surface area contributed by atoms with Gasteiger partial charge < -0.3 is 14.6 Å². The normalized spacial score (nSPS) is 13.2. The van der Waals surface area contributed by atoms with Crippen molar-refractivity contribution >= 4 is 11.9 Å². The number of carbonyl (C=O) groups excluding carboxylic acids is 2. The highest BCUT2D eigenvalue weighted by Crippen LogP contribution is 2.17. The third kappa shape index (κ3) is 68.3. The highest BCUT2D eigenvalue weighted by atomic mass is 16.6. The molecule has 0 bridgehead atoms. The molecule has 0 aliphatic carbocycles. The lowest BCUT2D eigenvalue weighted by molar-refractivity contribution is -0.161. The van der Waals surface area contributed by atoms with Crippen molar-refractivity contribution in [2.75, 3.05) is 13.2 Å². The first-order valence-electron chi connectivity index (χ1n) is 34.4. The molecule has 0 radical (unpaired) electrons. The number of rotatable bonds is 62. The first-order valence-corrected chi connectivity index (χ1v) is 34.4. The molecule has 1 atom stereocenters. The van der Waals surface area contributed by atoms with Crippen LogP contribution in [0.2, 0.25) is 0 Å². The molecule has 5 nitrogen and oxygen atoms in total. The summed E-state index contributed by atoms with van der Waals surface area (Å²) in [6.45, 7) is 3.93. The highest BCUT2D eigenvalue weighted by molar-refractivity contribution is 5.70. The van der Waals surface area contributed by atoms with Gasteiger partial charge in [0.2, 0.25) is 0 Å². The number of aliphatic hydroxyl groups is 1. The quantitative estimate of drug-likeness (QED) is 0.0373. The van der Waals surface area contributed by atoms with Gasteiger partial charge in [-0.3, -0.25) is 9.59 Å². The molecule has 466 valence electrons. The number of carbonyl (C=O) groups is 2. The SMILES string of the molecule is CC/C=C\C/C=C\C/C=C\C/C=C\C/C=C\C/C=C\C/C=C\CCCCCCCCCCCC(=O)OC(CO)COC(=O)CCCCCCCCCCCCCCCCCCCCCCC/C=C\C/C=C\C/C=C\C/C=C\C/C=C\CC. The van der Waals surface area contributed by atoms with Crippen molar-refractivity contribution < 1.29 is 24.2 Å². The van der Waals surface area contributed by atoms with Crippen LogP contribution < -0.4 is 0 Å². The number of hydrogen-bond donors (Lipinski definition) is 1. The Bertz CT molecular complexity index is 1710. The lowest BCUT2D eigenvalue weighted by Crippen LogP contribution is -2.28. The Hall–Kier alpha value is -4.22. The van der Waals surface area contributed by atoms with Crippen LogP contribution in [0.25, 0.3) is 0 Å². The Morgan fingerprint density at radius 2 is 0.488 bits per heavy atom. The molecule has 0 amide bonds. The molecular weight excluding hydrogens is 1000 g/mol. The minimum absolute atomic E-state index is 0.0727. The molecular formula is C77H128O5. The average molecular weight is 1130 g/mol. The summed E-state index contributed by atoms with van der Waals surface area (Å²) in [7, 11) is 0. The maximum atomic E-state index is 12.4. The number of allylic oxidation sites excluding steroid dienone is 24. The molecule has 0 saturated heterocycles. The highest BCUT2D eigenvalue weighted by Gasteiger charge is 2.16. The summed E-state index contributed by atoms with van der Waals surface area (Å²) in [6, 6.07) is 0. The predicted octanol–water partition coefficient (Wildman–Crippen LogP) is 24.1. The molecule has 0 saturated carbocycles. The molecule has 5 heteroatoms. The zero-order chi connectivity index (χ0) is 59.1. The van der Waals surface area contributed by atoms with Crippen LogP contribution in [-0.4, -0.2) is 36.4 Å². The molecule has 0 spiro atoms. The van der Waals surface area contributed by atoms with Crippen molar-refractivity contribution in [1.29, 1.82) is 0 Å². The zero-order valence-electron chi connectivity index (χ0n) is 53.5. The van der Waals surface area contributed by atoms with Crippen molar-refractivity contribution in [3.63, 3.8) is 0 Å². The first-order chi connectivity index (χ1) is 40.6. The molecule has 1 N–H and O–H groups in total. The van der Waals surface area contributed by atoms with Gasteiger partial charge in [-0.1, -0.05) is 327 Å². The van der Waals surface area contributed by atoms with E-state index in [4.69, 9.17) is 9.47 Å². The van der Waals surface area contributed by atoms with Crippen molar-refractivity contribution in [3.8, 4) is 0 Å². The molecule has 0 aromatic heterocycles. The van der Waals surface area contributed by atoms with Gasteiger partial charge in [0.1, 0.15) is 6.61 Å². The van der Waals surface area contributed by atoms with E-state index in [0.717, 1.165) is 122 Å². The Balaban J connectivity index is 3.49. The van der Waals surface area contributed by atoms with E-state index >= 15 is 0 Å². The van der Waals surface area contributed by atoms with E-state index in [2.05, 4.69) is 160 Å². The Morgan fingerprint density at radius 1 is 0.280 bits per heavy atom. The van der Waals surface area contributed by atoms with Gasteiger partial charge in [-0.05, 0) is 116 Å². The van der Waals surface area contributed by atoms with Crippen LogP contribution in [0, 0.1) is 0 Å². The summed E-state index contributed by atoms with van der Waals surface area (Å²) >= 11 is 0. The molecule has 82 heavy (non-hydrogen) atoms.